The minimum atomic E-state index is -5.58. The van der Waals surface area contributed by atoms with Crippen LogP contribution in [-0.2, 0) is 19.0 Å². The van der Waals surface area contributed by atoms with Crippen molar-refractivity contribution in [1.29, 1.82) is 0 Å². The normalized spacial score (nSPS) is 26.6. The summed E-state index contributed by atoms with van der Waals surface area (Å²) in [5, 5.41) is 0. The molecule has 1 saturated carbocycles. The molecule has 0 amide bonds. The predicted octanol–water partition coefficient (Wildman–Crippen LogP) is 3.11. The molecule has 8 heteroatoms. The van der Waals surface area contributed by atoms with E-state index in [-0.39, 0.29) is 23.7 Å². The van der Waals surface area contributed by atoms with Crippen molar-refractivity contribution < 1.29 is 30.5 Å². The van der Waals surface area contributed by atoms with Crippen LogP contribution in [0.5, 0.6) is 0 Å². The summed E-state index contributed by atoms with van der Waals surface area (Å²) < 4.78 is 68.8. The molecule has 1 atom stereocenters. The SMILES string of the molecule is COC1CCC(OS(=O)(=O)C(F)(F)F)=CC12CCCC2. The van der Waals surface area contributed by atoms with Crippen LogP contribution >= 0.6 is 0 Å². The van der Waals surface area contributed by atoms with Crippen LogP contribution in [0, 0.1) is 5.41 Å². The van der Waals surface area contributed by atoms with Gasteiger partial charge in [0.2, 0.25) is 0 Å². The van der Waals surface area contributed by atoms with Gasteiger partial charge in [-0.15, -0.1) is 0 Å². The topological polar surface area (TPSA) is 52.6 Å². The molecule has 0 heterocycles. The third-order valence-electron chi connectivity index (χ3n) is 4.06. The van der Waals surface area contributed by atoms with Gasteiger partial charge in [0.25, 0.3) is 0 Å². The smallest absolute Gasteiger partial charge is 0.381 e. The van der Waals surface area contributed by atoms with Crippen molar-refractivity contribution in [1.82, 2.24) is 0 Å². The minimum absolute atomic E-state index is 0.0917. The Hall–Kier alpha value is -0.760. The summed E-state index contributed by atoms with van der Waals surface area (Å²) in [5.74, 6) is -0.113. The third-order valence-corrected chi connectivity index (χ3v) is 5.06. The number of halogens is 3. The highest BCUT2D eigenvalue weighted by Crippen LogP contribution is 2.49. The van der Waals surface area contributed by atoms with Crippen LogP contribution in [0.3, 0.4) is 0 Å². The Balaban J connectivity index is 2.24. The molecule has 20 heavy (non-hydrogen) atoms. The maximum Gasteiger partial charge on any atom is 0.534 e. The van der Waals surface area contributed by atoms with Crippen molar-refractivity contribution in [2.24, 2.45) is 5.41 Å². The van der Waals surface area contributed by atoms with Gasteiger partial charge in [-0.2, -0.15) is 21.6 Å². The number of methoxy groups -OCH3 is 1. The predicted molar refractivity (Wildman–Crippen MR) is 65.1 cm³/mol. The molecule has 0 aliphatic heterocycles. The highest BCUT2D eigenvalue weighted by Gasteiger charge is 2.50. The molecule has 0 aromatic carbocycles. The molecule has 1 fully saturated rings. The summed E-state index contributed by atoms with van der Waals surface area (Å²) in [4.78, 5) is 0. The first-order chi connectivity index (χ1) is 9.20. The zero-order chi connectivity index (χ0) is 15.0. The van der Waals surface area contributed by atoms with Gasteiger partial charge in [-0.25, -0.2) is 0 Å². The van der Waals surface area contributed by atoms with E-state index < -0.39 is 15.6 Å². The first-order valence-electron chi connectivity index (χ1n) is 6.45. The Kier molecular flexibility index (Phi) is 4.07. The lowest BCUT2D eigenvalue weighted by Gasteiger charge is -2.38. The zero-order valence-corrected chi connectivity index (χ0v) is 11.9. The van der Waals surface area contributed by atoms with Crippen molar-refractivity contribution in [2.45, 2.75) is 50.1 Å². The summed E-state index contributed by atoms with van der Waals surface area (Å²) in [6.45, 7) is 0. The maximum absolute atomic E-state index is 12.3. The molecule has 0 N–H and O–H groups in total. The van der Waals surface area contributed by atoms with E-state index in [0.29, 0.717) is 6.42 Å². The lowest BCUT2D eigenvalue weighted by atomic mass is 9.74. The van der Waals surface area contributed by atoms with Gasteiger partial charge in [-0.1, -0.05) is 12.8 Å². The van der Waals surface area contributed by atoms with Gasteiger partial charge in [0, 0.05) is 18.9 Å². The monoisotopic (exact) mass is 314 g/mol. The molecule has 0 bridgehead atoms. The maximum atomic E-state index is 12.3. The molecule has 116 valence electrons. The van der Waals surface area contributed by atoms with Crippen molar-refractivity contribution in [3.05, 3.63) is 11.8 Å². The van der Waals surface area contributed by atoms with Crippen LogP contribution in [0.1, 0.15) is 38.5 Å². The fourth-order valence-corrected chi connectivity index (χ4v) is 3.66. The number of hydrogen-bond acceptors (Lipinski definition) is 4. The Bertz CT molecular complexity index is 489. The van der Waals surface area contributed by atoms with Gasteiger partial charge in [0.15, 0.2) is 0 Å². The second-order valence-electron chi connectivity index (χ2n) is 5.30. The summed E-state index contributed by atoms with van der Waals surface area (Å²) in [5.41, 5.74) is -5.78. The number of hydrogen-bond donors (Lipinski definition) is 0. The average molecular weight is 314 g/mol. The summed E-state index contributed by atoms with van der Waals surface area (Å²) >= 11 is 0. The molecular formula is C12H17F3O4S. The van der Waals surface area contributed by atoms with Gasteiger partial charge in [0.05, 0.1) is 6.10 Å². The van der Waals surface area contributed by atoms with E-state index in [2.05, 4.69) is 4.18 Å². The van der Waals surface area contributed by atoms with Crippen LogP contribution < -0.4 is 0 Å². The molecule has 0 saturated heterocycles. The molecule has 0 aromatic rings. The van der Waals surface area contributed by atoms with Crippen molar-refractivity contribution in [3.8, 4) is 0 Å². The highest BCUT2D eigenvalue weighted by molar-refractivity contribution is 7.87. The number of ether oxygens (including phenoxy) is 1. The lowest BCUT2D eigenvalue weighted by Crippen LogP contribution is -2.36. The molecule has 4 nitrogen and oxygen atoms in total. The Labute approximate surface area is 116 Å². The average Bonchev–Trinajstić information content (AvgIpc) is 2.76. The molecule has 2 aliphatic rings. The van der Waals surface area contributed by atoms with Crippen LogP contribution in [-0.4, -0.2) is 27.1 Å². The first-order valence-corrected chi connectivity index (χ1v) is 7.86. The molecule has 0 aromatic heterocycles. The summed E-state index contributed by atoms with van der Waals surface area (Å²) in [7, 11) is -4.01. The van der Waals surface area contributed by atoms with Gasteiger partial charge in [-0.05, 0) is 25.3 Å². The van der Waals surface area contributed by atoms with Gasteiger partial charge < -0.3 is 8.92 Å². The highest BCUT2D eigenvalue weighted by atomic mass is 32.2. The largest absolute Gasteiger partial charge is 0.534 e. The zero-order valence-electron chi connectivity index (χ0n) is 11.1. The Morgan fingerprint density at radius 3 is 2.40 bits per heavy atom. The van der Waals surface area contributed by atoms with Crippen LogP contribution in [0.4, 0.5) is 13.2 Å². The second kappa shape index (κ2) is 5.22. The lowest BCUT2D eigenvalue weighted by molar-refractivity contribution is -0.0533. The molecule has 1 unspecified atom stereocenters. The van der Waals surface area contributed by atoms with Crippen molar-refractivity contribution >= 4 is 10.1 Å². The van der Waals surface area contributed by atoms with E-state index in [0.717, 1.165) is 25.7 Å². The summed E-state index contributed by atoms with van der Waals surface area (Å²) in [6, 6.07) is 0. The molecule has 1 spiro atoms. The van der Waals surface area contributed by atoms with Gasteiger partial charge in [0.1, 0.15) is 5.76 Å². The third kappa shape index (κ3) is 2.81. The minimum Gasteiger partial charge on any atom is -0.381 e. The van der Waals surface area contributed by atoms with E-state index >= 15 is 0 Å². The number of alkyl halides is 3. The standard InChI is InChI=1S/C12H17F3O4S/c1-18-10-5-4-9(8-11(10)6-2-3-7-11)19-20(16,17)12(13,14)15/h8,10H,2-7H2,1H3. The van der Waals surface area contributed by atoms with Crippen LogP contribution in [0.25, 0.3) is 0 Å². The van der Waals surface area contributed by atoms with E-state index in [4.69, 9.17) is 4.74 Å². The fourth-order valence-electron chi connectivity index (χ4n) is 3.15. The molecule has 2 aliphatic carbocycles. The van der Waals surface area contributed by atoms with E-state index in [1.54, 1.807) is 13.2 Å². The van der Waals surface area contributed by atoms with Crippen LogP contribution in [0.15, 0.2) is 11.8 Å². The van der Waals surface area contributed by atoms with Gasteiger partial charge >= 0.3 is 15.6 Å². The first kappa shape index (κ1) is 15.6. The second-order valence-corrected chi connectivity index (χ2v) is 6.83. The van der Waals surface area contributed by atoms with Crippen molar-refractivity contribution in [2.75, 3.05) is 7.11 Å². The molecule has 2 rings (SSSR count). The number of rotatable bonds is 3. The molecular weight excluding hydrogens is 297 g/mol. The summed E-state index contributed by atoms with van der Waals surface area (Å²) in [6.07, 6.45) is 5.53. The quantitative estimate of drug-likeness (QED) is 0.593. The van der Waals surface area contributed by atoms with Crippen LogP contribution in [0.2, 0.25) is 0 Å². The fraction of sp³-hybridized carbons (Fsp3) is 0.833. The Morgan fingerprint density at radius 1 is 1.30 bits per heavy atom. The number of allylic oxidation sites excluding steroid dienone is 1. The van der Waals surface area contributed by atoms with E-state index in [1.807, 2.05) is 0 Å². The Morgan fingerprint density at radius 2 is 1.90 bits per heavy atom. The van der Waals surface area contributed by atoms with E-state index in [9.17, 15) is 21.6 Å². The van der Waals surface area contributed by atoms with Gasteiger partial charge in [-0.3, -0.25) is 0 Å². The molecule has 0 radical (unpaired) electrons. The van der Waals surface area contributed by atoms with Crippen molar-refractivity contribution in [3.63, 3.8) is 0 Å². The van der Waals surface area contributed by atoms with E-state index in [1.165, 1.54) is 0 Å².